The van der Waals surface area contributed by atoms with Gasteiger partial charge >= 0.3 is 0 Å². The Balaban J connectivity index is 1.68. The number of benzene rings is 1. The van der Waals surface area contributed by atoms with Crippen LogP contribution in [0.5, 0.6) is 0 Å². The molecule has 1 fully saturated rings. The standard InChI is InChI=1S/C15H20N2O/c1-11(12-7-5-4-6-8-12)17-9-13(17)14-16-15(2,3)10-18-14/h4-8,11,13H,9-10H2,1-3H3/t11-,13+,17?/m1/s1. The van der Waals surface area contributed by atoms with Crippen LogP contribution in [0.3, 0.4) is 0 Å². The van der Waals surface area contributed by atoms with Gasteiger partial charge in [0.1, 0.15) is 6.61 Å². The van der Waals surface area contributed by atoms with Crippen LogP contribution in [0.15, 0.2) is 35.3 Å². The molecule has 0 radical (unpaired) electrons. The Morgan fingerprint density at radius 3 is 2.67 bits per heavy atom. The summed E-state index contributed by atoms with van der Waals surface area (Å²) in [5.74, 6) is 0.933. The van der Waals surface area contributed by atoms with Crippen LogP contribution < -0.4 is 0 Å². The van der Waals surface area contributed by atoms with Gasteiger partial charge in [-0.3, -0.25) is 4.90 Å². The number of hydrogen-bond donors (Lipinski definition) is 0. The van der Waals surface area contributed by atoms with E-state index in [4.69, 9.17) is 4.74 Å². The van der Waals surface area contributed by atoms with Crippen LogP contribution in [0.4, 0.5) is 0 Å². The predicted octanol–water partition coefficient (Wildman–Crippen LogP) is 2.64. The summed E-state index contributed by atoms with van der Waals surface area (Å²) in [4.78, 5) is 7.09. The number of nitrogens with zero attached hydrogens (tertiary/aromatic N) is 2. The zero-order valence-electron chi connectivity index (χ0n) is 11.3. The molecule has 2 heterocycles. The lowest BCUT2D eigenvalue weighted by Gasteiger charge is -2.14. The molecule has 0 aromatic heterocycles. The lowest BCUT2D eigenvalue weighted by atomic mass is 10.1. The molecule has 18 heavy (non-hydrogen) atoms. The molecule has 0 aliphatic carbocycles. The highest BCUT2D eigenvalue weighted by Gasteiger charge is 2.46. The smallest absolute Gasteiger partial charge is 0.203 e. The predicted molar refractivity (Wildman–Crippen MR) is 72.8 cm³/mol. The molecule has 0 bridgehead atoms. The van der Waals surface area contributed by atoms with Gasteiger partial charge in [-0.2, -0.15) is 0 Å². The van der Waals surface area contributed by atoms with Crippen molar-refractivity contribution in [1.82, 2.24) is 4.90 Å². The van der Waals surface area contributed by atoms with E-state index in [9.17, 15) is 0 Å². The first-order valence-electron chi connectivity index (χ1n) is 6.60. The van der Waals surface area contributed by atoms with Crippen LogP contribution >= 0.6 is 0 Å². The molecule has 3 heteroatoms. The Morgan fingerprint density at radius 2 is 2.06 bits per heavy atom. The summed E-state index contributed by atoms with van der Waals surface area (Å²) in [6.07, 6.45) is 0. The maximum Gasteiger partial charge on any atom is 0.203 e. The lowest BCUT2D eigenvalue weighted by Crippen LogP contribution is -2.17. The van der Waals surface area contributed by atoms with Crippen molar-refractivity contribution in [3.8, 4) is 0 Å². The second-order valence-corrected chi connectivity index (χ2v) is 5.85. The molecule has 3 nitrogen and oxygen atoms in total. The van der Waals surface area contributed by atoms with Crippen molar-refractivity contribution >= 4 is 5.90 Å². The third kappa shape index (κ3) is 2.15. The summed E-state index contributed by atoms with van der Waals surface area (Å²) in [5.41, 5.74) is 1.32. The van der Waals surface area contributed by atoms with Crippen molar-refractivity contribution in [2.24, 2.45) is 4.99 Å². The van der Waals surface area contributed by atoms with Crippen LogP contribution in [-0.4, -0.2) is 35.5 Å². The van der Waals surface area contributed by atoms with Crippen LogP contribution in [0, 0.1) is 0 Å². The Labute approximate surface area is 108 Å². The second kappa shape index (κ2) is 4.09. The molecular weight excluding hydrogens is 224 g/mol. The number of hydrogen-bond acceptors (Lipinski definition) is 3. The van der Waals surface area contributed by atoms with Crippen LogP contribution in [0.1, 0.15) is 32.4 Å². The minimum atomic E-state index is -0.0421. The fourth-order valence-corrected chi connectivity index (χ4v) is 2.51. The Hall–Kier alpha value is -1.35. The minimum absolute atomic E-state index is 0.0421. The summed E-state index contributed by atoms with van der Waals surface area (Å²) >= 11 is 0. The molecule has 3 rings (SSSR count). The molecule has 0 saturated carbocycles. The van der Waals surface area contributed by atoms with Crippen molar-refractivity contribution in [2.45, 2.75) is 38.4 Å². The molecule has 1 aromatic carbocycles. The van der Waals surface area contributed by atoms with E-state index >= 15 is 0 Å². The van der Waals surface area contributed by atoms with Gasteiger partial charge in [0, 0.05) is 12.6 Å². The third-order valence-electron chi connectivity index (χ3n) is 3.70. The molecule has 3 atom stereocenters. The monoisotopic (exact) mass is 244 g/mol. The van der Waals surface area contributed by atoms with Gasteiger partial charge in [0.05, 0.1) is 11.6 Å². The van der Waals surface area contributed by atoms with Gasteiger partial charge in [0.25, 0.3) is 0 Å². The van der Waals surface area contributed by atoms with Crippen molar-refractivity contribution in [1.29, 1.82) is 0 Å². The van der Waals surface area contributed by atoms with Gasteiger partial charge in [-0.15, -0.1) is 0 Å². The molecule has 2 aliphatic heterocycles. The van der Waals surface area contributed by atoms with E-state index in [1.165, 1.54) is 5.56 Å². The summed E-state index contributed by atoms with van der Waals surface area (Å²) in [6.45, 7) is 8.26. The van der Waals surface area contributed by atoms with Crippen molar-refractivity contribution in [2.75, 3.05) is 13.2 Å². The van der Waals surface area contributed by atoms with Gasteiger partial charge < -0.3 is 4.74 Å². The molecule has 1 aromatic rings. The molecule has 1 unspecified atom stereocenters. The molecule has 2 aliphatic rings. The second-order valence-electron chi connectivity index (χ2n) is 5.85. The third-order valence-corrected chi connectivity index (χ3v) is 3.70. The summed E-state index contributed by atoms with van der Waals surface area (Å²) in [6, 6.07) is 11.4. The van der Waals surface area contributed by atoms with Gasteiger partial charge in [-0.1, -0.05) is 30.3 Å². The minimum Gasteiger partial charge on any atom is -0.477 e. The van der Waals surface area contributed by atoms with Gasteiger partial charge in [-0.05, 0) is 26.3 Å². The first-order chi connectivity index (χ1) is 8.57. The maximum atomic E-state index is 5.72. The highest BCUT2D eigenvalue weighted by Crippen LogP contribution is 2.34. The van der Waals surface area contributed by atoms with Crippen LogP contribution in [0.25, 0.3) is 0 Å². The van der Waals surface area contributed by atoms with E-state index < -0.39 is 0 Å². The topological polar surface area (TPSA) is 24.6 Å². The molecular formula is C15H20N2O. The molecule has 1 saturated heterocycles. The Bertz CT molecular complexity index is 467. The quantitative estimate of drug-likeness (QED) is 0.763. The maximum absolute atomic E-state index is 5.72. The molecule has 0 N–H and O–H groups in total. The summed E-state index contributed by atoms with van der Waals surface area (Å²) < 4.78 is 5.72. The van der Waals surface area contributed by atoms with Crippen LogP contribution in [-0.2, 0) is 4.74 Å². The number of rotatable bonds is 3. The SMILES string of the molecule is C[C@H](c1ccccc1)N1C[C@H]1C1=NC(C)(C)CO1. The lowest BCUT2D eigenvalue weighted by molar-refractivity contribution is 0.269. The fourth-order valence-electron chi connectivity index (χ4n) is 2.51. The fraction of sp³-hybridized carbons (Fsp3) is 0.533. The average molecular weight is 244 g/mol. The summed E-state index contributed by atoms with van der Waals surface area (Å²) in [7, 11) is 0. The average Bonchev–Trinajstić information content (AvgIpc) is 3.08. The van der Waals surface area contributed by atoms with E-state index in [0.29, 0.717) is 18.7 Å². The zero-order valence-corrected chi connectivity index (χ0v) is 11.3. The first kappa shape index (κ1) is 11.7. The number of aliphatic imine (C=N–C) groups is 1. The van der Waals surface area contributed by atoms with E-state index in [2.05, 4.69) is 61.0 Å². The van der Waals surface area contributed by atoms with E-state index in [0.717, 1.165) is 12.4 Å². The van der Waals surface area contributed by atoms with E-state index in [-0.39, 0.29) is 5.54 Å². The van der Waals surface area contributed by atoms with Crippen LogP contribution in [0.2, 0.25) is 0 Å². The van der Waals surface area contributed by atoms with E-state index in [1.54, 1.807) is 0 Å². The van der Waals surface area contributed by atoms with Gasteiger partial charge in [0.15, 0.2) is 0 Å². The van der Waals surface area contributed by atoms with Crippen molar-refractivity contribution in [3.05, 3.63) is 35.9 Å². The Kier molecular flexibility index (Phi) is 2.67. The van der Waals surface area contributed by atoms with Crippen molar-refractivity contribution < 1.29 is 4.74 Å². The van der Waals surface area contributed by atoms with Gasteiger partial charge in [0.2, 0.25) is 5.90 Å². The van der Waals surface area contributed by atoms with Gasteiger partial charge in [-0.25, -0.2) is 4.99 Å². The highest BCUT2D eigenvalue weighted by atomic mass is 16.5. The van der Waals surface area contributed by atoms with E-state index in [1.807, 2.05) is 0 Å². The highest BCUT2D eigenvalue weighted by molar-refractivity contribution is 5.86. The molecule has 96 valence electrons. The zero-order chi connectivity index (χ0) is 12.8. The number of ether oxygens (including phenoxy) is 1. The van der Waals surface area contributed by atoms with Crippen molar-refractivity contribution in [3.63, 3.8) is 0 Å². The Morgan fingerprint density at radius 1 is 1.33 bits per heavy atom. The normalized spacial score (nSPS) is 30.5. The molecule has 0 amide bonds. The molecule has 0 spiro atoms. The first-order valence-corrected chi connectivity index (χ1v) is 6.60. The summed E-state index contributed by atoms with van der Waals surface area (Å²) in [5, 5.41) is 0. The largest absolute Gasteiger partial charge is 0.477 e.